The van der Waals surface area contributed by atoms with Gasteiger partial charge in [0.05, 0.1) is 22.7 Å². The van der Waals surface area contributed by atoms with E-state index in [1.54, 1.807) is 18.2 Å². The summed E-state index contributed by atoms with van der Waals surface area (Å²) >= 11 is 6.41. The number of carbonyl (C=O) groups is 1. The lowest BCUT2D eigenvalue weighted by molar-refractivity contribution is -0.0258. The molecule has 3 aromatic rings. The summed E-state index contributed by atoms with van der Waals surface area (Å²) in [5.41, 5.74) is 2.53. The van der Waals surface area contributed by atoms with E-state index in [0.717, 1.165) is 15.7 Å². The summed E-state index contributed by atoms with van der Waals surface area (Å²) < 4.78 is 25.6. The molecule has 0 bridgehead atoms. The molecule has 0 aliphatic rings. The number of benzene rings is 3. The zero-order chi connectivity index (χ0) is 23.3. The summed E-state index contributed by atoms with van der Waals surface area (Å²) in [4.78, 5) is 17.4. The Morgan fingerprint density at radius 3 is 2.41 bits per heavy atom. The minimum atomic E-state index is -3.86. The highest BCUT2D eigenvalue weighted by atomic mass is 35.5. The predicted molar refractivity (Wildman–Crippen MR) is 126 cm³/mol. The van der Waals surface area contributed by atoms with Gasteiger partial charge >= 0.3 is 0 Å². The van der Waals surface area contributed by atoms with E-state index in [-0.39, 0.29) is 16.5 Å². The van der Waals surface area contributed by atoms with Crippen LogP contribution < -0.4 is 10.6 Å². The van der Waals surface area contributed by atoms with Crippen LogP contribution in [0.1, 0.15) is 28.9 Å². The molecule has 168 valence electrons. The van der Waals surface area contributed by atoms with E-state index in [1.165, 1.54) is 38.4 Å². The van der Waals surface area contributed by atoms with Crippen LogP contribution in [0.4, 0.5) is 11.4 Å². The Labute approximate surface area is 193 Å². The summed E-state index contributed by atoms with van der Waals surface area (Å²) in [5, 5.41) is 6.54. The summed E-state index contributed by atoms with van der Waals surface area (Å²) in [5.74, 6) is -0.462. The average Bonchev–Trinajstić information content (AvgIpc) is 2.80. The molecule has 0 spiro atoms. The first-order chi connectivity index (χ1) is 15.2. The van der Waals surface area contributed by atoms with Gasteiger partial charge in [-0.25, -0.2) is 8.42 Å². The highest BCUT2D eigenvalue weighted by molar-refractivity contribution is 7.89. The van der Waals surface area contributed by atoms with Gasteiger partial charge in [0.1, 0.15) is 0 Å². The van der Waals surface area contributed by atoms with Crippen molar-refractivity contribution >= 4 is 38.9 Å². The van der Waals surface area contributed by atoms with Crippen molar-refractivity contribution in [2.45, 2.75) is 17.9 Å². The number of hydroxylamine groups is 1. The summed E-state index contributed by atoms with van der Waals surface area (Å²) in [6, 6.07) is 20.9. The first-order valence-corrected chi connectivity index (χ1v) is 11.6. The molecule has 0 saturated carbocycles. The fourth-order valence-corrected chi connectivity index (χ4v) is 4.27. The monoisotopic (exact) mass is 473 g/mol. The van der Waals surface area contributed by atoms with Crippen molar-refractivity contribution in [2.75, 3.05) is 24.8 Å². The third-order valence-electron chi connectivity index (χ3n) is 4.89. The quantitative estimate of drug-likeness (QED) is 0.452. The Bertz CT molecular complexity index is 1200. The Morgan fingerprint density at radius 1 is 1.03 bits per heavy atom. The number of hydrogen-bond donors (Lipinski definition) is 2. The molecule has 2 N–H and O–H groups in total. The molecule has 9 heteroatoms. The molecule has 0 saturated heterocycles. The van der Waals surface area contributed by atoms with Gasteiger partial charge in [-0.2, -0.15) is 0 Å². The summed E-state index contributed by atoms with van der Waals surface area (Å²) in [6.07, 6.45) is 0. The van der Waals surface area contributed by atoms with Crippen LogP contribution in [0.3, 0.4) is 0 Å². The van der Waals surface area contributed by atoms with Gasteiger partial charge in [-0.1, -0.05) is 52.5 Å². The molecular weight excluding hydrogens is 450 g/mol. The van der Waals surface area contributed by atoms with Gasteiger partial charge < -0.3 is 10.6 Å². The molecule has 0 aliphatic heterocycles. The largest absolute Gasteiger partial charge is 0.377 e. The van der Waals surface area contributed by atoms with Crippen LogP contribution in [0.5, 0.6) is 0 Å². The number of sulfonamides is 1. The number of carbonyl (C=O) groups excluding carboxylic acids is 1. The average molecular weight is 474 g/mol. The number of nitrogens with zero attached hydrogens (tertiary/aromatic N) is 1. The fraction of sp³-hybridized carbons (Fsp3) is 0.174. The van der Waals surface area contributed by atoms with E-state index in [0.29, 0.717) is 10.7 Å². The van der Waals surface area contributed by atoms with Crippen molar-refractivity contribution in [2.24, 2.45) is 0 Å². The number of halogens is 1. The second-order valence-electron chi connectivity index (χ2n) is 7.05. The van der Waals surface area contributed by atoms with Crippen molar-refractivity contribution < 1.29 is 18.0 Å². The minimum Gasteiger partial charge on any atom is -0.377 e. The van der Waals surface area contributed by atoms with Crippen molar-refractivity contribution in [3.63, 3.8) is 0 Å². The Balaban J connectivity index is 1.73. The normalized spacial score (nSPS) is 12.4. The second kappa shape index (κ2) is 10.1. The maximum atomic E-state index is 12.7. The highest BCUT2D eigenvalue weighted by Gasteiger charge is 2.22. The first kappa shape index (κ1) is 23.7. The van der Waals surface area contributed by atoms with Crippen LogP contribution in [0.15, 0.2) is 77.7 Å². The number of hydrogen-bond acceptors (Lipinski definition) is 5. The van der Waals surface area contributed by atoms with Gasteiger partial charge in [0.2, 0.25) is 0 Å². The number of rotatable bonds is 8. The molecule has 32 heavy (non-hydrogen) atoms. The molecule has 7 nitrogen and oxygen atoms in total. The van der Waals surface area contributed by atoms with Crippen molar-refractivity contribution in [1.29, 1.82) is 0 Å². The maximum Gasteiger partial charge on any atom is 0.264 e. The van der Waals surface area contributed by atoms with E-state index in [2.05, 4.69) is 10.6 Å². The Morgan fingerprint density at radius 2 is 1.75 bits per heavy atom. The van der Waals surface area contributed by atoms with Gasteiger partial charge in [-0.3, -0.25) is 9.63 Å². The molecule has 0 aromatic heterocycles. The Kier molecular flexibility index (Phi) is 7.52. The molecule has 3 aromatic carbocycles. The van der Waals surface area contributed by atoms with Gasteiger partial charge in [0.25, 0.3) is 15.9 Å². The lowest BCUT2D eigenvalue weighted by Gasteiger charge is -2.17. The Hall–Kier alpha value is -2.91. The van der Waals surface area contributed by atoms with Gasteiger partial charge in [-0.15, -0.1) is 0 Å². The third-order valence-corrected chi connectivity index (χ3v) is 6.88. The van der Waals surface area contributed by atoms with Crippen LogP contribution in [0.2, 0.25) is 5.02 Å². The van der Waals surface area contributed by atoms with Crippen LogP contribution >= 0.6 is 11.6 Å². The number of nitrogens with one attached hydrogen (secondary N) is 2. The maximum absolute atomic E-state index is 12.7. The molecule has 0 fully saturated rings. The molecule has 3 rings (SSSR count). The molecule has 1 unspecified atom stereocenters. The SMILES string of the molecule is CON(C)S(=O)(=O)c1cccc(C(=O)Nc2ccc(NC(C)c3ccccc3)c(Cl)c2)c1. The zero-order valence-corrected chi connectivity index (χ0v) is 19.4. The molecular formula is C23H24ClN3O4S. The van der Waals surface area contributed by atoms with Crippen molar-refractivity contribution in [1.82, 2.24) is 4.47 Å². The van der Waals surface area contributed by atoms with Crippen LogP contribution in [0, 0.1) is 0 Å². The highest BCUT2D eigenvalue weighted by Crippen LogP contribution is 2.29. The van der Waals surface area contributed by atoms with E-state index in [9.17, 15) is 13.2 Å². The standard InChI is InChI=1S/C23H24ClN3O4S/c1-16(17-8-5-4-6-9-17)25-22-13-12-19(15-21(22)24)26-23(28)18-10-7-11-20(14-18)32(29,30)27(2)31-3/h4-16,25H,1-3H3,(H,26,28). The lowest BCUT2D eigenvalue weighted by atomic mass is 10.1. The third kappa shape index (κ3) is 5.46. The van der Waals surface area contributed by atoms with Gasteiger partial charge in [0, 0.05) is 24.3 Å². The lowest BCUT2D eigenvalue weighted by Crippen LogP contribution is -2.26. The van der Waals surface area contributed by atoms with E-state index in [4.69, 9.17) is 16.4 Å². The van der Waals surface area contributed by atoms with E-state index >= 15 is 0 Å². The second-order valence-corrected chi connectivity index (χ2v) is 9.39. The van der Waals surface area contributed by atoms with Crippen molar-refractivity contribution in [3.8, 4) is 0 Å². The number of anilines is 2. The van der Waals surface area contributed by atoms with E-state index in [1.807, 2.05) is 37.3 Å². The predicted octanol–water partition coefficient (Wildman–Crippen LogP) is 4.95. The smallest absolute Gasteiger partial charge is 0.264 e. The molecule has 0 radical (unpaired) electrons. The summed E-state index contributed by atoms with van der Waals surface area (Å²) in [6.45, 7) is 2.03. The number of amides is 1. The zero-order valence-electron chi connectivity index (χ0n) is 17.9. The van der Waals surface area contributed by atoms with E-state index < -0.39 is 15.9 Å². The molecule has 0 aliphatic carbocycles. The molecule has 0 heterocycles. The molecule has 1 amide bonds. The topological polar surface area (TPSA) is 87.7 Å². The van der Waals surface area contributed by atoms with Crippen LogP contribution in [0.25, 0.3) is 0 Å². The van der Waals surface area contributed by atoms with Crippen molar-refractivity contribution in [3.05, 3.63) is 88.9 Å². The van der Waals surface area contributed by atoms with Gasteiger partial charge in [-0.05, 0) is 48.9 Å². The molecule has 1 atom stereocenters. The first-order valence-electron chi connectivity index (χ1n) is 9.78. The van der Waals surface area contributed by atoms with Gasteiger partial charge in [0.15, 0.2) is 0 Å². The minimum absolute atomic E-state index is 0.0454. The van der Waals surface area contributed by atoms with Crippen LogP contribution in [-0.4, -0.2) is 33.0 Å². The summed E-state index contributed by atoms with van der Waals surface area (Å²) in [7, 11) is -1.34. The van der Waals surface area contributed by atoms with Crippen LogP contribution in [-0.2, 0) is 14.9 Å². The fourth-order valence-electron chi connectivity index (χ4n) is 3.02.